The second-order valence-electron chi connectivity index (χ2n) is 7.63. The van der Waals surface area contributed by atoms with Crippen LogP contribution in [0.4, 0.5) is 14.5 Å². The van der Waals surface area contributed by atoms with E-state index in [-0.39, 0.29) is 30.3 Å². The summed E-state index contributed by atoms with van der Waals surface area (Å²) in [5.74, 6) is -1.30. The third kappa shape index (κ3) is 4.43. The minimum Gasteiger partial charge on any atom is -0.488 e. The van der Waals surface area contributed by atoms with Crippen LogP contribution in [0.3, 0.4) is 0 Å². The summed E-state index contributed by atoms with van der Waals surface area (Å²) in [5, 5.41) is 13.3. The van der Waals surface area contributed by atoms with Gasteiger partial charge in [-0.15, -0.1) is 0 Å². The minimum atomic E-state index is -0.911. The van der Waals surface area contributed by atoms with E-state index >= 15 is 0 Å². The number of likely N-dealkylation sites (tertiary alicyclic amines) is 1. The largest absolute Gasteiger partial charge is 0.488 e. The fraction of sp³-hybridized carbons (Fsp3) is 0.364. The van der Waals surface area contributed by atoms with Crippen LogP contribution in [0.5, 0.6) is 5.75 Å². The van der Waals surface area contributed by atoms with Gasteiger partial charge in [0.25, 0.3) is 0 Å². The minimum absolute atomic E-state index is 0.0379. The third-order valence-corrected chi connectivity index (χ3v) is 5.49. The van der Waals surface area contributed by atoms with Crippen molar-refractivity contribution in [2.45, 2.75) is 37.9 Å². The summed E-state index contributed by atoms with van der Waals surface area (Å²) < 4.78 is 32.7. The van der Waals surface area contributed by atoms with Crippen LogP contribution in [-0.2, 0) is 22.4 Å². The molecule has 0 saturated carbocycles. The van der Waals surface area contributed by atoms with Crippen LogP contribution in [0.2, 0.25) is 0 Å². The van der Waals surface area contributed by atoms with Crippen molar-refractivity contribution in [2.24, 2.45) is 0 Å². The number of amides is 2. The van der Waals surface area contributed by atoms with Gasteiger partial charge in [0.1, 0.15) is 29.6 Å². The number of ether oxygens (including phenoxy) is 1. The first kappa shape index (κ1) is 20.3. The highest BCUT2D eigenvalue weighted by atomic mass is 19.1. The first-order chi connectivity index (χ1) is 14.4. The number of β-amino-alcohol motifs (C(OH)–C–C–N with tert-alkyl or cyclic N) is 1. The van der Waals surface area contributed by atoms with Crippen molar-refractivity contribution in [2.75, 3.05) is 18.4 Å². The summed E-state index contributed by atoms with van der Waals surface area (Å²) in [4.78, 5) is 25.5. The molecule has 2 aliphatic heterocycles. The Morgan fingerprint density at radius 3 is 2.80 bits per heavy atom. The zero-order valence-electron chi connectivity index (χ0n) is 16.2. The maximum Gasteiger partial charge on any atom is 0.227 e. The summed E-state index contributed by atoms with van der Waals surface area (Å²) in [6.45, 7) is 0.416. The molecule has 2 aromatic carbocycles. The van der Waals surface area contributed by atoms with E-state index in [1.165, 1.54) is 11.0 Å². The van der Waals surface area contributed by atoms with E-state index in [1.807, 2.05) is 6.07 Å². The number of halogens is 2. The summed E-state index contributed by atoms with van der Waals surface area (Å²) in [5.41, 5.74) is 1.87. The molecular weight excluding hydrogens is 394 g/mol. The molecule has 4 rings (SSSR count). The van der Waals surface area contributed by atoms with Crippen molar-refractivity contribution in [3.05, 3.63) is 59.2 Å². The number of aliphatic hydroxyl groups is 1. The molecule has 2 aromatic rings. The number of nitrogens with one attached hydrogen (secondary N) is 1. The Bertz CT molecular complexity index is 982. The van der Waals surface area contributed by atoms with E-state index in [9.17, 15) is 23.5 Å². The van der Waals surface area contributed by atoms with Crippen LogP contribution < -0.4 is 10.1 Å². The molecule has 2 atom stereocenters. The lowest BCUT2D eigenvalue weighted by molar-refractivity contribution is -0.136. The van der Waals surface area contributed by atoms with Crippen LogP contribution in [0.25, 0.3) is 0 Å². The number of aliphatic hydroxyl groups excluding tert-OH is 1. The number of piperidine rings is 1. The highest BCUT2D eigenvalue weighted by molar-refractivity contribution is 5.94. The molecule has 0 bridgehead atoms. The molecular formula is C22H22F2N2O4. The number of anilines is 1. The lowest BCUT2D eigenvalue weighted by Crippen LogP contribution is -2.51. The van der Waals surface area contributed by atoms with Crippen LogP contribution in [0.15, 0.2) is 36.4 Å². The van der Waals surface area contributed by atoms with Gasteiger partial charge in [0.15, 0.2) is 0 Å². The number of hydrogen-bond acceptors (Lipinski definition) is 4. The lowest BCUT2D eigenvalue weighted by Gasteiger charge is -2.36. The fourth-order valence-corrected chi connectivity index (χ4v) is 3.81. The molecule has 1 fully saturated rings. The van der Waals surface area contributed by atoms with Gasteiger partial charge in [0.2, 0.25) is 11.8 Å². The first-order valence-corrected chi connectivity index (χ1v) is 9.88. The van der Waals surface area contributed by atoms with E-state index in [1.54, 1.807) is 12.1 Å². The van der Waals surface area contributed by atoms with Crippen LogP contribution >= 0.6 is 0 Å². The summed E-state index contributed by atoms with van der Waals surface area (Å²) in [6, 6.07) is 8.56. The SMILES string of the molecule is O=C1CCc2ccc(O[C@@H]3CCN(C(=O)Cc4ccc(F)cc4F)C[C@H]3O)cc2N1. The summed E-state index contributed by atoms with van der Waals surface area (Å²) in [6.07, 6.45) is -0.0725. The molecule has 0 aromatic heterocycles. The number of carbonyl (C=O) groups is 2. The molecule has 0 unspecified atom stereocenters. The average Bonchev–Trinajstić information content (AvgIpc) is 2.71. The Balaban J connectivity index is 1.35. The van der Waals surface area contributed by atoms with Gasteiger partial charge in [-0.2, -0.15) is 0 Å². The summed E-state index contributed by atoms with van der Waals surface area (Å²) in [7, 11) is 0. The van der Waals surface area contributed by atoms with E-state index in [0.29, 0.717) is 37.2 Å². The Hall–Kier alpha value is -3.00. The van der Waals surface area contributed by atoms with Crippen LogP contribution in [0.1, 0.15) is 24.0 Å². The molecule has 30 heavy (non-hydrogen) atoms. The Morgan fingerprint density at radius 2 is 2.03 bits per heavy atom. The van der Waals surface area contributed by atoms with Gasteiger partial charge in [0.05, 0.1) is 13.0 Å². The molecule has 0 radical (unpaired) electrons. The molecule has 2 aliphatic rings. The number of fused-ring (bicyclic) bond motifs is 1. The number of rotatable bonds is 4. The molecule has 2 amide bonds. The lowest BCUT2D eigenvalue weighted by atomic mass is 10.0. The number of benzene rings is 2. The number of nitrogens with zero attached hydrogens (tertiary/aromatic N) is 1. The number of hydrogen-bond donors (Lipinski definition) is 2. The smallest absolute Gasteiger partial charge is 0.227 e. The Morgan fingerprint density at radius 1 is 1.20 bits per heavy atom. The van der Waals surface area contributed by atoms with E-state index in [0.717, 1.165) is 17.7 Å². The Kier molecular flexibility index (Phi) is 5.67. The van der Waals surface area contributed by atoms with Gasteiger partial charge in [-0.3, -0.25) is 9.59 Å². The van der Waals surface area contributed by atoms with Crippen molar-refractivity contribution >= 4 is 17.5 Å². The molecule has 2 N–H and O–H groups in total. The molecule has 158 valence electrons. The molecule has 1 saturated heterocycles. The van der Waals surface area contributed by atoms with E-state index in [2.05, 4.69) is 5.32 Å². The standard InChI is InChI=1S/C22H22F2N2O4/c23-15-4-1-14(17(24)10-15)9-22(29)26-8-7-20(19(27)12-26)30-16-5-2-13-3-6-21(28)25-18(13)11-16/h1-2,4-5,10-11,19-20,27H,3,6-9,12H2,(H,25,28)/t19-,20-/m1/s1. The van der Waals surface area contributed by atoms with Crippen molar-refractivity contribution in [3.8, 4) is 5.75 Å². The van der Waals surface area contributed by atoms with Crippen LogP contribution in [-0.4, -0.2) is 47.1 Å². The van der Waals surface area contributed by atoms with Crippen molar-refractivity contribution in [1.29, 1.82) is 0 Å². The monoisotopic (exact) mass is 416 g/mol. The highest BCUT2D eigenvalue weighted by Gasteiger charge is 2.32. The number of carbonyl (C=O) groups excluding carboxylic acids is 2. The fourth-order valence-electron chi connectivity index (χ4n) is 3.81. The van der Waals surface area contributed by atoms with Gasteiger partial charge >= 0.3 is 0 Å². The van der Waals surface area contributed by atoms with Crippen molar-refractivity contribution in [3.63, 3.8) is 0 Å². The Labute approximate surface area is 172 Å². The second kappa shape index (κ2) is 8.39. The van der Waals surface area contributed by atoms with Gasteiger partial charge in [-0.05, 0) is 29.7 Å². The highest BCUT2D eigenvalue weighted by Crippen LogP contribution is 2.29. The third-order valence-electron chi connectivity index (χ3n) is 5.49. The number of aryl methyl sites for hydroxylation is 1. The van der Waals surface area contributed by atoms with Crippen LogP contribution in [0, 0.1) is 11.6 Å². The molecule has 0 spiro atoms. The molecule has 0 aliphatic carbocycles. The predicted octanol–water partition coefficient (Wildman–Crippen LogP) is 2.43. The quantitative estimate of drug-likeness (QED) is 0.803. The molecule has 2 heterocycles. The summed E-state index contributed by atoms with van der Waals surface area (Å²) >= 11 is 0. The van der Waals surface area contributed by atoms with Crippen molar-refractivity contribution in [1.82, 2.24) is 4.90 Å². The van der Waals surface area contributed by atoms with Gasteiger partial charge in [0, 0.05) is 37.2 Å². The maximum absolute atomic E-state index is 13.8. The van der Waals surface area contributed by atoms with Gasteiger partial charge in [-0.1, -0.05) is 12.1 Å². The molecule has 6 nitrogen and oxygen atoms in total. The zero-order valence-corrected chi connectivity index (χ0v) is 16.2. The van der Waals surface area contributed by atoms with Gasteiger partial charge in [-0.25, -0.2) is 8.78 Å². The normalized spacial score (nSPS) is 21.0. The zero-order chi connectivity index (χ0) is 21.3. The first-order valence-electron chi connectivity index (χ1n) is 9.88. The maximum atomic E-state index is 13.8. The molecule has 8 heteroatoms. The topological polar surface area (TPSA) is 78.9 Å². The predicted molar refractivity (Wildman–Crippen MR) is 105 cm³/mol. The van der Waals surface area contributed by atoms with E-state index in [4.69, 9.17) is 4.74 Å². The second-order valence-corrected chi connectivity index (χ2v) is 7.63. The van der Waals surface area contributed by atoms with Crippen molar-refractivity contribution < 1.29 is 28.2 Å². The van der Waals surface area contributed by atoms with Gasteiger partial charge < -0.3 is 20.1 Å². The van der Waals surface area contributed by atoms with E-state index < -0.39 is 23.8 Å². The average molecular weight is 416 g/mol.